The second kappa shape index (κ2) is 9.77. The Hall–Kier alpha value is -3.29. The number of carbonyl (C=O) groups is 3. The Labute approximate surface area is 169 Å². The van der Waals surface area contributed by atoms with Crippen molar-refractivity contribution < 1.29 is 33.0 Å². The van der Waals surface area contributed by atoms with Gasteiger partial charge in [-0.2, -0.15) is 0 Å². The molecule has 0 saturated heterocycles. The first-order valence-corrected chi connectivity index (χ1v) is 9.25. The van der Waals surface area contributed by atoms with Gasteiger partial charge in [0.15, 0.2) is 6.61 Å². The third-order valence-electron chi connectivity index (χ3n) is 3.99. The van der Waals surface area contributed by atoms with Crippen LogP contribution < -0.4 is 10.1 Å². The van der Waals surface area contributed by atoms with E-state index in [1.807, 2.05) is 26.0 Å². The fourth-order valence-electron chi connectivity index (χ4n) is 2.75. The average Bonchev–Trinajstić information content (AvgIpc) is 2.97. The lowest BCUT2D eigenvalue weighted by Gasteiger charge is -2.10. The number of rotatable bonds is 8. The van der Waals surface area contributed by atoms with Crippen LogP contribution in [0.25, 0.3) is 0 Å². The molecule has 1 heterocycles. The van der Waals surface area contributed by atoms with E-state index in [-0.39, 0.29) is 42.6 Å². The molecule has 2 aromatic rings. The van der Waals surface area contributed by atoms with Crippen molar-refractivity contribution in [1.82, 2.24) is 0 Å². The van der Waals surface area contributed by atoms with Crippen molar-refractivity contribution in [2.75, 3.05) is 25.1 Å². The molecule has 1 N–H and O–H groups in total. The van der Waals surface area contributed by atoms with Crippen molar-refractivity contribution in [2.24, 2.45) is 0 Å². The van der Waals surface area contributed by atoms with E-state index in [9.17, 15) is 14.4 Å². The summed E-state index contributed by atoms with van der Waals surface area (Å²) in [6.45, 7) is 8.51. The Morgan fingerprint density at radius 2 is 1.59 bits per heavy atom. The molecule has 0 bridgehead atoms. The fraction of sp³-hybridized carbons (Fsp3) is 0.381. The van der Waals surface area contributed by atoms with Gasteiger partial charge in [0, 0.05) is 0 Å². The zero-order valence-electron chi connectivity index (χ0n) is 17.2. The van der Waals surface area contributed by atoms with Gasteiger partial charge < -0.3 is 18.6 Å². The average molecular weight is 403 g/mol. The molecule has 0 unspecified atom stereocenters. The number of benzene rings is 1. The van der Waals surface area contributed by atoms with Crippen molar-refractivity contribution in [3.63, 3.8) is 0 Å². The van der Waals surface area contributed by atoms with Crippen LogP contribution in [0.1, 0.15) is 51.5 Å². The molecule has 0 spiro atoms. The van der Waals surface area contributed by atoms with E-state index < -0.39 is 17.8 Å². The summed E-state index contributed by atoms with van der Waals surface area (Å²) in [6.07, 6.45) is 0. The molecule has 8 heteroatoms. The molecule has 2 rings (SSSR count). The van der Waals surface area contributed by atoms with E-state index in [1.165, 1.54) is 6.92 Å². The van der Waals surface area contributed by atoms with Gasteiger partial charge >= 0.3 is 11.9 Å². The number of carbonyl (C=O) groups excluding carboxylic acids is 3. The van der Waals surface area contributed by atoms with Gasteiger partial charge in [-0.25, -0.2) is 9.59 Å². The molecule has 0 aliphatic rings. The van der Waals surface area contributed by atoms with Crippen molar-refractivity contribution >= 4 is 23.7 Å². The third kappa shape index (κ3) is 5.37. The summed E-state index contributed by atoms with van der Waals surface area (Å²) in [5.74, 6) is -1.56. The van der Waals surface area contributed by atoms with Crippen LogP contribution >= 0.6 is 0 Å². The maximum Gasteiger partial charge on any atom is 0.344 e. The first-order chi connectivity index (χ1) is 13.8. The van der Waals surface area contributed by atoms with Crippen molar-refractivity contribution in [1.29, 1.82) is 0 Å². The zero-order chi connectivity index (χ0) is 21.6. The molecule has 1 amide bonds. The number of ether oxygens (including phenoxy) is 3. The minimum Gasteiger partial charge on any atom is -0.483 e. The number of nitrogens with one attached hydrogen (secondary N) is 1. The number of furan rings is 1. The molecule has 0 fully saturated rings. The largest absolute Gasteiger partial charge is 0.483 e. The van der Waals surface area contributed by atoms with Gasteiger partial charge in [0.2, 0.25) is 5.88 Å². The second-order valence-electron chi connectivity index (χ2n) is 6.28. The molecule has 8 nitrogen and oxygen atoms in total. The highest BCUT2D eigenvalue weighted by Crippen LogP contribution is 2.29. The Balaban J connectivity index is 2.22. The second-order valence-corrected chi connectivity index (χ2v) is 6.28. The number of amides is 1. The number of aryl methyl sites for hydroxylation is 3. The first kappa shape index (κ1) is 22.0. The van der Waals surface area contributed by atoms with Gasteiger partial charge in [0.05, 0.1) is 13.2 Å². The standard InChI is InChI=1S/C21H25NO7/c1-6-26-20(24)17-14(5)29-19(18(17)21(25)27-7-2)22-16(23)11-28-15-9-8-12(3)10-13(15)4/h8-10H,6-7,11H2,1-5H3,(H,22,23). The predicted octanol–water partition coefficient (Wildman–Crippen LogP) is 3.58. The predicted molar refractivity (Wildman–Crippen MR) is 105 cm³/mol. The minimum absolute atomic E-state index is 0.0732. The molecule has 0 atom stereocenters. The highest BCUT2D eigenvalue weighted by atomic mass is 16.5. The van der Waals surface area contributed by atoms with Crippen LogP contribution in [0.3, 0.4) is 0 Å². The maximum atomic E-state index is 12.4. The highest BCUT2D eigenvalue weighted by Gasteiger charge is 2.31. The monoisotopic (exact) mass is 403 g/mol. The van der Waals surface area contributed by atoms with Gasteiger partial charge in [-0.1, -0.05) is 17.7 Å². The van der Waals surface area contributed by atoms with Gasteiger partial charge in [0.25, 0.3) is 5.91 Å². The lowest BCUT2D eigenvalue weighted by Crippen LogP contribution is -2.22. The van der Waals surface area contributed by atoms with Crippen molar-refractivity contribution in [3.8, 4) is 5.75 Å². The summed E-state index contributed by atoms with van der Waals surface area (Å²) in [4.78, 5) is 37.0. The van der Waals surface area contributed by atoms with E-state index in [2.05, 4.69) is 5.32 Å². The van der Waals surface area contributed by atoms with Crippen LogP contribution in [0, 0.1) is 20.8 Å². The molecule has 0 aliphatic heterocycles. The first-order valence-electron chi connectivity index (χ1n) is 9.25. The summed E-state index contributed by atoms with van der Waals surface area (Å²) in [6, 6.07) is 5.59. The Morgan fingerprint density at radius 1 is 0.966 bits per heavy atom. The molecule has 0 aliphatic carbocycles. The summed E-state index contributed by atoms with van der Waals surface area (Å²) in [5, 5.41) is 2.47. The summed E-state index contributed by atoms with van der Waals surface area (Å²) >= 11 is 0. The molecule has 1 aromatic carbocycles. The third-order valence-corrected chi connectivity index (χ3v) is 3.99. The number of hydrogen-bond donors (Lipinski definition) is 1. The topological polar surface area (TPSA) is 104 Å². The molecule has 0 saturated carbocycles. The van der Waals surface area contributed by atoms with Crippen LogP contribution in [-0.2, 0) is 14.3 Å². The van der Waals surface area contributed by atoms with E-state index in [1.54, 1.807) is 19.9 Å². The van der Waals surface area contributed by atoms with E-state index in [0.29, 0.717) is 5.75 Å². The SMILES string of the molecule is CCOC(=O)c1c(C)oc(NC(=O)COc2ccc(C)cc2C)c1C(=O)OCC. The number of anilines is 1. The Morgan fingerprint density at radius 3 is 2.17 bits per heavy atom. The van der Waals surface area contributed by atoms with E-state index >= 15 is 0 Å². The Kier molecular flexibility index (Phi) is 7.41. The summed E-state index contributed by atoms with van der Waals surface area (Å²) in [5.41, 5.74) is 1.72. The quantitative estimate of drug-likeness (QED) is 0.672. The number of esters is 2. The maximum absolute atomic E-state index is 12.4. The fourth-order valence-corrected chi connectivity index (χ4v) is 2.75. The number of hydrogen-bond acceptors (Lipinski definition) is 7. The smallest absolute Gasteiger partial charge is 0.344 e. The van der Waals surface area contributed by atoms with E-state index in [0.717, 1.165) is 11.1 Å². The van der Waals surface area contributed by atoms with Crippen LogP contribution in [0.5, 0.6) is 5.75 Å². The normalized spacial score (nSPS) is 10.4. The summed E-state index contributed by atoms with van der Waals surface area (Å²) < 4.78 is 21.0. The molecule has 0 radical (unpaired) electrons. The van der Waals surface area contributed by atoms with Crippen LogP contribution in [0.4, 0.5) is 5.88 Å². The van der Waals surface area contributed by atoms with Gasteiger partial charge in [-0.05, 0) is 46.2 Å². The summed E-state index contributed by atoms with van der Waals surface area (Å²) in [7, 11) is 0. The van der Waals surface area contributed by atoms with Crippen molar-refractivity contribution in [3.05, 3.63) is 46.2 Å². The highest BCUT2D eigenvalue weighted by molar-refractivity contribution is 6.09. The van der Waals surface area contributed by atoms with Gasteiger partial charge in [0.1, 0.15) is 22.6 Å². The van der Waals surface area contributed by atoms with Gasteiger partial charge in [-0.3, -0.25) is 10.1 Å². The van der Waals surface area contributed by atoms with E-state index in [4.69, 9.17) is 18.6 Å². The molecular formula is C21H25NO7. The molecule has 156 valence electrons. The van der Waals surface area contributed by atoms with Crippen LogP contribution in [0.2, 0.25) is 0 Å². The Bertz CT molecular complexity index is 914. The molecule has 29 heavy (non-hydrogen) atoms. The lowest BCUT2D eigenvalue weighted by molar-refractivity contribution is -0.118. The molecular weight excluding hydrogens is 378 g/mol. The zero-order valence-corrected chi connectivity index (χ0v) is 17.2. The van der Waals surface area contributed by atoms with Crippen molar-refractivity contribution in [2.45, 2.75) is 34.6 Å². The van der Waals surface area contributed by atoms with Crippen LogP contribution in [-0.4, -0.2) is 37.7 Å². The lowest BCUT2D eigenvalue weighted by atomic mass is 10.1. The molecule has 1 aromatic heterocycles. The van der Waals surface area contributed by atoms with Crippen LogP contribution in [0.15, 0.2) is 22.6 Å². The van der Waals surface area contributed by atoms with Gasteiger partial charge in [-0.15, -0.1) is 0 Å². The minimum atomic E-state index is -0.794.